The lowest BCUT2D eigenvalue weighted by molar-refractivity contribution is -0.116. The third kappa shape index (κ3) is 4.93. The first-order valence-electron chi connectivity index (χ1n) is 8.83. The highest BCUT2D eigenvalue weighted by molar-refractivity contribution is 7.89. The van der Waals surface area contributed by atoms with Gasteiger partial charge in [0.05, 0.1) is 4.90 Å². The molecule has 0 aliphatic rings. The van der Waals surface area contributed by atoms with Gasteiger partial charge in [-0.3, -0.25) is 4.79 Å². The summed E-state index contributed by atoms with van der Waals surface area (Å²) in [5.41, 5.74) is 2.77. The molecule has 0 fully saturated rings. The van der Waals surface area contributed by atoms with Crippen LogP contribution in [0.25, 0.3) is 0 Å². The van der Waals surface area contributed by atoms with Crippen LogP contribution in [-0.2, 0) is 21.2 Å². The number of anilines is 1. The standard InChI is InChI=1S/C20H26N2O3S/c1-4-22(5-2)26(24,25)18-13-10-17(11-14-18)12-15-20(23)21-19-9-7-6-8-16(19)3/h6-11,13-14H,4-5,12,15H2,1-3H3,(H,21,23). The van der Waals surface area contributed by atoms with Gasteiger partial charge in [-0.25, -0.2) is 8.42 Å². The molecule has 0 unspecified atom stereocenters. The number of amides is 1. The van der Waals surface area contributed by atoms with Crippen LogP contribution in [0, 0.1) is 6.92 Å². The van der Waals surface area contributed by atoms with E-state index in [1.54, 1.807) is 24.3 Å². The first-order valence-corrected chi connectivity index (χ1v) is 10.3. The van der Waals surface area contributed by atoms with E-state index in [4.69, 9.17) is 0 Å². The summed E-state index contributed by atoms with van der Waals surface area (Å²) in [6.07, 6.45) is 0.903. The molecule has 0 aliphatic carbocycles. The van der Waals surface area contributed by atoms with Crippen LogP contribution in [0.5, 0.6) is 0 Å². The maximum atomic E-state index is 12.5. The van der Waals surface area contributed by atoms with Gasteiger partial charge in [0.2, 0.25) is 15.9 Å². The van der Waals surface area contributed by atoms with Gasteiger partial charge in [-0.05, 0) is 42.7 Å². The lowest BCUT2D eigenvalue weighted by atomic mass is 10.1. The Morgan fingerprint density at radius 2 is 1.62 bits per heavy atom. The van der Waals surface area contributed by atoms with Crippen LogP contribution in [0.15, 0.2) is 53.4 Å². The zero-order valence-electron chi connectivity index (χ0n) is 15.5. The normalized spacial score (nSPS) is 11.5. The van der Waals surface area contributed by atoms with Crippen molar-refractivity contribution in [2.45, 2.75) is 38.5 Å². The van der Waals surface area contributed by atoms with E-state index < -0.39 is 10.0 Å². The molecule has 2 aromatic carbocycles. The molecule has 0 spiro atoms. The number of nitrogens with one attached hydrogen (secondary N) is 1. The van der Waals surface area contributed by atoms with Crippen LogP contribution in [0.3, 0.4) is 0 Å². The van der Waals surface area contributed by atoms with Crippen LogP contribution in [-0.4, -0.2) is 31.7 Å². The molecule has 2 rings (SSSR count). The zero-order valence-corrected chi connectivity index (χ0v) is 16.3. The largest absolute Gasteiger partial charge is 0.326 e. The minimum Gasteiger partial charge on any atom is -0.326 e. The van der Waals surface area contributed by atoms with Crippen molar-refractivity contribution in [3.8, 4) is 0 Å². The number of nitrogens with zero attached hydrogens (tertiary/aromatic N) is 1. The fourth-order valence-corrected chi connectivity index (χ4v) is 4.18. The van der Waals surface area contributed by atoms with Crippen molar-refractivity contribution >= 4 is 21.6 Å². The number of carbonyl (C=O) groups excluding carboxylic acids is 1. The number of hydrogen-bond acceptors (Lipinski definition) is 3. The highest BCUT2D eigenvalue weighted by Gasteiger charge is 2.21. The molecule has 140 valence electrons. The summed E-state index contributed by atoms with van der Waals surface area (Å²) in [6, 6.07) is 14.4. The van der Waals surface area contributed by atoms with E-state index in [0.29, 0.717) is 25.9 Å². The van der Waals surface area contributed by atoms with Gasteiger partial charge in [0, 0.05) is 25.2 Å². The van der Waals surface area contributed by atoms with E-state index >= 15 is 0 Å². The average molecular weight is 375 g/mol. The van der Waals surface area contributed by atoms with Crippen LogP contribution in [0.1, 0.15) is 31.4 Å². The number of carbonyl (C=O) groups is 1. The molecule has 0 aliphatic heterocycles. The maximum Gasteiger partial charge on any atom is 0.243 e. The van der Waals surface area contributed by atoms with Crippen LogP contribution in [0.4, 0.5) is 5.69 Å². The smallest absolute Gasteiger partial charge is 0.243 e. The molecule has 2 aromatic rings. The second kappa shape index (κ2) is 8.96. The van der Waals surface area contributed by atoms with Crippen molar-refractivity contribution in [2.75, 3.05) is 18.4 Å². The third-order valence-corrected chi connectivity index (χ3v) is 6.39. The Bertz CT molecular complexity index is 842. The molecule has 0 saturated heterocycles. The average Bonchev–Trinajstić information content (AvgIpc) is 2.63. The topological polar surface area (TPSA) is 66.5 Å². The maximum absolute atomic E-state index is 12.5. The Morgan fingerprint density at radius 1 is 1.00 bits per heavy atom. The molecular weight excluding hydrogens is 348 g/mol. The number of benzene rings is 2. The second-order valence-electron chi connectivity index (χ2n) is 6.10. The van der Waals surface area contributed by atoms with E-state index in [1.807, 2.05) is 45.0 Å². The first kappa shape index (κ1) is 20.1. The lowest BCUT2D eigenvalue weighted by Crippen LogP contribution is -2.30. The van der Waals surface area contributed by atoms with Crippen LogP contribution < -0.4 is 5.32 Å². The number of hydrogen-bond donors (Lipinski definition) is 1. The van der Waals surface area contributed by atoms with Gasteiger partial charge in [0.15, 0.2) is 0 Å². The predicted molar refractivity (Wildman–Crippen MR) is 105 cm³/mol. The Balaban J connectivity index is 1.97. The highest BCUT2D eigenvalue weighted by Crippen LogP contribution is 2.17. The van der Waals surface area contributed by atoms with Crippen molar-refractivity contribution in [3.05, 3.63) is 59.7 Å². The highest BCUT2D eigenvalue weighted by atomic mass is 32.2. The molecule has 5 nitrogen and oxygen atoms in total. The summed E-state index contributed by atoms with van der Waals surface area (Å²) in [5.74, 6) is -0.0564. The molecule has 0 heterocycles. The molecular formula is C20H26N2O3S. The minimum absolute atomic E-state index is 0.0564. The summed E-state index contributed by atoms with van der Waals surface area (Å²) in [7, 11) is -3.44. The first-order chi connectivity index (χ1) is 12.4. The van der Waals surface area contributed by atoms with Gasteiger partial charge in [0.1, 0.15) is 0 Å². The summed E-state index contributed by atoms with van der Waals surface area (Å²) < 4.78 is 26.4. The van der Waals surface area contributed by atoms with E-state index in [1.165, 1.54) is 4.31 Å². The molecule has 1 N–H and O–H groups in total. The molecule has 26 heavy (non-hydrogen) atoms. The van der Waals surface area contributed by atoms with Crippen molar-refractivity contribution in [1.29, 1.82) is 0 Å². The van der Waals surface area contributed by atoms with Gasteiger partial charge in [-0.2, -0.15) is 4.31 Å². The summed E-state index contributed by atoms with van der Waals surface area (Å²) >= 11 is 0. The van der Waals surface area contributed by atoms with Crippen molar-refractivity contribution in [1.82, 2.24) is 4.31 Å². The predicted octanol–water partition coefficient (Wildman–Crippen LogP) is 3.60. The third-order valence-electron chi connectivity index (χ3n) is 4.33. The molecule has 0 aromatic heterocycles. The molecule has 0 saturated carbocycles. The second-order valence-corrected chi connectivity index (χ2v) is 8.03. The number of para-hydroxylation sites is 1. The molecule has 6 heteroatoms. The van der Waals surface area contributed by atoms with Gasteiger partial charge in [-0.1, -0.05) is 44.2 Å². The quantitative estimate of drug-likeness (QED) is 0.768. The van der Waals surface area contributed by atoms with Gasteiger partial charge in [-0.15, -0.1) is 0 Å². The molecule has 0 bridgehead atoms. The van der Waals surface area contributed by atoms with Crippen LogP contribution >= 0.6 is 0 Å². The Hall–Kier alpha value is -2.18. The van der Waals surface area contributed by atoms with Crippen molar-refractivity contribution < 1.29 is 13.2 Å². The van der Waals surface area contributed by atoms with Gasteiger partial charge < -0.3 is 5.32 Å². The lowest BCUT2D eigenvalue weighted by Gasteiger charge is -2.18. The number of aryl methyl sites for hydroxylation is 2. The van der Waals surface area contributed by atoms with Crippen LogP contribution in [0.2, 0.25) is 0 Å². The number of sulfonamides is 1. The van der Waals surface area contributed by atoms with Crippen molar-refractivity contribution in [3.63, 3.8) is 0 Å². The minimum atomic E-state index is -3.44. The van der Waals surface area contributed by atoms with Gasteiger partial charge >= 0.3 is 0 Å². The van der Waals surface area contributed by atoms with E-state index in [2.05, 4.69) is 5.32 Å². The van der Waals surface area contributed by atoms with Crippen molar-refractivity contribution in [2.24, 2.45) is 0 Å². The zero-order chi connectivity index (χ0) is 19.2. The number of rotatable bonds is 8. The fourth-order valence-electron chi connectivity index (χ4n) is 2.72. The Kier molecular flexibility index (Phi) is 6.94. The molecule has 0 atom stereocenters. The Morgan fingerprint density at radius 3 is 2.19 bits per heavy atom. The summed E-state index contributed by atoms with van der Waals surface area (Å²) in [5, 5.41) is 2.90. The van der Waals surface area contributed by atoms with E-state index in [0.717, 1.165) is 16.8 Å². The fraction of sp³-hybridized carbons (Fsp3) is 0.350. The summed E-state index contributed by atoms with van der Waals surface area (Å²) in [4.78, 5) is 12.4. The monoisotopic (exact) mass is 374 g/mol. The Labute approximate surface area is 156 Å². The summed E-state index contributed by atoms with van der Waals surface area (Å²) in [6.45, 7) is 6.48. The SMILES string of the molecule is CCN(CC)S(=O)(=O)c1ccc(CCC(=O)Nc2ccccc2C)cc1. The van der Waals surface area contributed by atoms with E-state index in [9.17, 15) is 13.2 Å². The van der Waals surface area contributed by atoms with E-state index in [-0.39, 0.29) is 10.8 Å². The molecule has 1 amide bonds. The van der Waals surface area contributed by atoms with Gasteiger partial charge in [0.25, 0.3) is 0 Å². The molecule has 0 radical (unpaired) electrons.